The van der Waals surface area contributed by atoms with Crippen LogP contribution in [0.3, 0.4) is 0 Å². The van der Waals surface area contributed by atoms with E-state index < -0.39 is 0 Å². The molecule has 0 saturated carbocycles. The molecule has 1 atom stereocenters. The molecule has 84 valence electrons. The van der Waals surface area contributed by atoms with E-state index in [1.54, 1.807) is 11.3 Å². The minimum Gasteiger partial charge on any atom is -0.238 e. The van der Waals surface area contributed by atoms with Gasteiger partial charge in [0.25, 0.3) is 0 Å². The first-order chi connectivity index (χ1) is 8.34. The average Bonchev–Trinajstić information content (AvgIpc) is 2.86. The third kappa shape index (κ3) is 2.04. The fourth-order valence-corrected chi connectivity index (χ4v) is 2.62. The number of hydrogen-bond donors (Lipinski definition) is 0. The van der Waals surface area contributed by atoms with Crippen molar-refractivity contribution in [3.8, 4) is 0 Å². The highest BCUT2D eigenvalue weighted by Gasteiger charge is 2.14. The highest BCUT2D eigenvalue weighted by molar-refractivity contribution is 7.17. The molecule has 0 fully saturated rings. The number of nitrogens with zero attached hydrogens (tertiary/aromatic N) is 2. The minimum atomic E-state index is -0.291. The van der Waals surface area contributed by atoms with Crippen LogP contribution in [0.4, 0.5) is 0 Å². The van der Waals surface area contributed by atoms with Crippen molar-refractivity contribution in [2.24, 2.45) is 0 Å². The van der Waals surface area contributed by atoms with Crippen LogP contribution in [0, 0.1) is 0 Å². The van der Waals surface area contributed by atoms with E-state index in [0.717, 1.165) is 15.8 Å². The average molecular weight is 261 g/mol. The molecular weight excluding hydrogens is 252 g/mol. The number of aromatic nitrogens is 2. The molecule has 0 radical (unpaired) electrons. The van der Waals surface area contributed by atoms with Crippen LogP contribution in [0.2, 0.25) is 0 Å². The van der Waals surface area contributed by atoms with E-state index in [0.29, 0.717) is 5.82 Å². The van der Waals surface area contributed by atoms with Crippen LogP contribution in [-0.4, -0.2) is 9.97 Å². The van der Waals surface area contributed by atoms with Crippen LogP contribution in [0.25, 0.3) is 10.2 Å². The van der Waals surface area contributed by atoms with E-state index in [1.807, 2.05) is 48.0 Å². The number of thiophene rings is 1. The Balaban J connectivity index is 2.03. The lowest BCUT2D eigenvalue weighted by Gasteiger charge is -2.07. The number of fused-ring (bicyclic) bond motifs is 1. The standard InChI is InChI=1S/C13H9ClN2S/c14-12(9-4-2-1-3-5-9)13-15-8-11-10(16-13)6-7-17-11/h1-8,12H/t12-/m0/s1. The van der Waals surface area contributed by atoms with Crippen LogP contribution >= 0.6 is 22.9 Å². The molecule has 2 heterocycles. The summed E-state index contributed by atoms with van der Waals surface area (Å²) >= 11 is 8.01. The Labute approximate surface area is 108 Å². The van der Waals surface area contributed by atoms with Gasteiger partial charge in [-0.05, 0) is 17.0 Å². The van der Waals surface area contributed by atoms with Crippen molar-refractivity contribution in [1.82, 2.24) is 9.97 Å². The van der Waals surface area contributed by atoms with Crippen molar-refractivity contribution in [2.45, 2.75) is 5.38 Å². The van der Waals surface area contributed by atoms with Gasteiger partial charge in [0.15, 0.2) is 5.82 Å². The van der Waals surface area contributed by atoms with Gasteiger partial charge in [0, 0.05) is 6.20 Å². The lowest BCUT2D eigenvalue weighted by atomic mass is 10.1. The molecule has 2 nitrogen and oxygen atoms in total. The van der Waals surface area contributed by atoms with E-state index in [-0.39, 0.29) is 5.38 Å². The molecule has 0 saturated heterocycles. The first kappa shape index (κ1) is 10.7. The van der Waals surface area contributed by atoms with E-state index in [9.17, 15) is 0 Å². The van der Waals surface area contributed by atoms with Crippen molar-refractivity contribution in [3.05, 3.63) is 59.4 Å². The normalized spacial score (nSPS) is 12.8. The number of rotatable bonds is 2. The fourth-order valence-electron chi connectivity index (χ4n) is 1.67. The molecular formula is C13H9ClN2S. The van der Waals surface area contributed by atoms with Crippen LogP contribution < -0.4 is 0 Å². The maximum atomic E-state index is 6.38. The Morgan fingerprint density at radius 3 is 2.76 bits per heavy atom. The summed E-state index contributed by atoms with van der Waals surface area (Å²) in [6, 6.07) is 11.9. The number of alkyl halides is 1. The van der Waals surface area contributed by atoms with Crippen molar-refractivity contribution in [2.75, 3.05) is 0 Å². The SMILES string of the molecule is Cl[C@@H](c1ccccc1)c1ncc2sccc2n1. The summed E-state index contributed by atoms with van der Waals surface area (Å²) in [4.78, 5) is 8.80. The molecule has 0 spiro atoms. The lowest BCUT2D eigenvalue weighted by molar-refractivity contribution is 0.965. The second-order valence-electron chi connectivity index (χ2n) is 3.67. The summed E-state index contributed by atoms with van der Waals surface area (Å²) < 4.78 is 1.09. The Bertz CT molecular complexity index is 636. The second-order valence-corrected chi connectivity index (χ2v) is 5.06. The van der Waals surface area contributed by atoms with Crippen molar-refractivity contribution < 1.29 is 0 Å². The molecule has 0 bridgehead atoms. The van der Waals surface area contributed by atoms with Crippen molar-refractivity contribution in [3.63, 3.8) is 0 Å². The molecule has 3 aromatic rings. The zero-order valence-corrected chi connectivity index (χ0v) is 10.4. The summed E-state index contributed by atoms with van der Waals surface area (Å²) in [5.74, 6) is 0.656. The minimum absolute atomic E-state index is 0.291. The Hall–Kier alpha value is -1.45. The topological polar surface area (TPSA) is 25.8 Å². The summed E-state index contributed by atoms with van der Waals surface area (Å²) in [5.41, 5.74) is 1.98. The molecule has 0 unspecified atom stereocenters. The predicted octanol–water partition coefficient (Wildman–Crippen LogP) is 4.02. The van der Waals surface area contributed by atoms with Gasteiger partial charge in [-0.1, -0.05) is 30.3 Å². The number of halogens is 1. The van der Waals surface area contributed by atoms with E-state index >= 15 is 0 Å². The molecule has 3 rings (SSSR count). The third-order valence-corrected chi connectivity index (χ3v) is 3.83. The molecule has 0 aliphatic rings. The molecule has 4 heteroatoms. The quantitative estimate of drug-likeness (QED) is 0.651. The summed E-state index contributed by atoms with van der Waals surface area (Å²) in [5, 5.41) is 1.72. The van der Waals surface area contributed by atoms with Crippen molar-refractivity contribution in [1.29, 1.82) is 0 Å². The summed E-state index contributed by atoms with van der Waals surface area (Å²) in [7, 11) is 0. The molecule has 0 aliphatic carbocycles. The van der Waals surface area contributed by atoms with Gasteiger partial charge in [-0.3, -0.25) is 0 Å². The van der Waals surface area contributed by atoms with Gasteiger partial charge in [-0.2, -0.15) is 0 Å². The van der Waals surface area contributed by atoms with E-state index in [1.165, 1.54) is 0 Å². The molecule has 0 amide bonds. The van der Waals surface area contributed by atoms with Crippen molar-refractivity contribution >= 4 is 33.2 Å². The van der Waals surface area contributed by atoms with Crippen LogP contribution in [-0.2, 0) is 0 Å². The van der Waals surface area contributed by atoms with Crippen LogP contribution in [0.5, 0.6) is 0 Å². The lowest BCUT2D eigenvalue weighted by Crippen LogP contribution is -1.99. The number of benzene rings is 1. The third-order valence-electron chi connectivity index (χ3n) is 2.54. The Kier molecular flexibility index (Phi) is 2.79. The largest absolute Gasteiger partial charge is 0.238 e. The first-order valence-electron chi connectivity index (χ1n) is 5.24. The van der Waals surface area contributed by atoms with Gasteiger partial charge in [0.2, 0.25) is 0 Å². The van der Waals surface area contributed by atoms with Gasteiger partial charge in [0.05, 0.1) is 10.2 Å². The van der Waals surface area contributed by atoms with Gasteiger partial charge < -0.3 is 0 Å². The molecule has 0 N–H and O–H groups in total. The molecule has 17 heavy (non-hydrogen) atoms. The molecule has 1 aromatic carbocycles. The van der Waals surface area contributed by atoms with Gasteiger partial charge in [-0.25, -0.2) is 9.97 Å². The second kappa shape index (κ2) is 4.43. The highest BCUT2D eigenvalue weighted by Crippen LogP contribution is 2.27. The highest BCUT2D eigenvalue weighted by atomic mass is 35.5. The Morgan fingerprint density at radius 2 is 1.94 bits per heavy atom. The van der Waals surface area contributed by atoms with Crippen LogP contribution in [0.1, 0.15) is 16.8 Å². The van der Waals surface area contributed by atoms with Gasteiger partial charge in [-0.15, -0.1) is 22.9 Å². The Morgan fingerprint density at radius 1 is 1.12 bits per heavy atom. The summed E-state index contributed by atoms with van der Waals surface area (Å²) in [6.07, 6.45) is 1.83. The fraction of sp³-hybridized carbons (Fsp3) is 0.0769. The number of hydrogen-bond acceptors (Lipinski definition) is 3. The van der Waals surface area contributed by atoms with E-state index in [2.05, 4.69) is 9.97 Å². The maximum Gasteiger partial charge on any atom is 0.151 e. The summed E-state index contributed by atoms with van der Waals surface area (Å²) in [6.45, 7) is 0. The predicted molar refractivity (Wildman–Crippen MR) is 71.6 cm³/mol. The maximum absolute atomic E-state index is 6.38. The van der Waals surface area contributed by atoms with Gasteiger partial charge >= 0.3 is 0 Å². The zero-order valence-electron chi connectivity index (χ0n) is 8.88. The monoisotopic (exact) mass is 260 g/mol. The van der Waals surface area contributed by atoms with Crippen LogP contribution in [0.15, 0.2) is 48.0 Å². The van der Waals surface area contributed by atoms with Gasteiger partial charge in [0.1, 0.15) is 5.38 Å². The van der Waals surface area contributed by atoms with E-state index in [4.69, 9.17) is 11.6 Å². The zero-order chi connectivity index (χ0) is 11.7. The molecule has 0 aliphatic heterocycles. The molecule has 2 aromatic heterocycles. The smallest absolute Gasteiger partial charge is 0.151 e. The first-order valence-corrected chi connectivity index (χ1v) is 6.55.